The van der Waals surface area contributed by atoms with E-state index in [0.717, 1.165) is 31.2 Å². The summed E-state index contributed by atoms with van der Waals surface area (Å²) in [7, 11) is 0. The van der Waals surface area contributed by atoms with Crippen LogP contribution in [0.4, 0.5) is 0 Å². The first kappa shape index (κ1) is 22.3. The average molecular weight is 429 g/mol. The van der Waals surface area contributed by atoms with Gasteiger partial charge < -0.3 is 20.1 Å². The molecule has 0 bridgehead atoms. The van der Waals surface area contributed by atoms with E-state index < -0.39 is 5.60 Å². The summed E-state index contributed by atoms with van der Waals surface area (Å²) in [6.07, 6.45) is 7.10. The van der Waals surface area contributed by atoms with Gasteiger partial charge in [0.25, 0.3) is 0 Å². The number of hydrogen-bond donors (Lipinski definition) is 3. The van der Waals surface area contributed by atoms with E-state index in [9.17, 15) is 20.1 Å². The summed E-state index contributed by atoms with van der Waals surface area (Å²) < 4.78 is 6.92. The van der Waals surface area contributed by atoms with Crippen molar-refractivity contribution in [3.05, 3.63) is 28.8 Å². The van der Waals surface area contributed by atoms with E-state index in [4.69, 9.17) is 4.74 Å². The summed E-state index contributed by atoms with van der Waals surface area (Å²) in [5, 5.41) is 31.6. The SMILES string of the molecule is CC(=O)/C=C/c1c(CO)cc(O)c2c1O[C@]1(C2)[C@H](C)CC[C@H]2C(C)(C)[C@H](O)CC[C@@]21C. The van der Waals surface area contributed by atoms with Gasteiger partial charge in [-0.2, -0.15) is 0 Å². The quantitative estimate of drug-likeness (QED) is 0.622. The highest BCUT2D eigenvalue weighted by Crippen LogP contribution is 2.67. The van der Waals surface area contributed by atoms with Crippen molar-refractivity contribution >= 4 is 11.9 Å². The predicted molar refractivity (Wildman–Crippen MR) is 120 cm³/mol. The molecule has 0 unspecified atom stereocenters. The first-order valence-electron chi connectivity index (χ1n) is 11.5. The molecule has 4 rings (SSSR count). The molecule has 2 saturated carbocycles. The van der Waals surface area contributed by atoms with Gasteiger partial charge in [-0.1, -0.05) is 27.7 Å². The third kappa shape index (κ3) is 3.07. The summed E-state index contributed by atoms with van der Waals surface area (Å²) >= 11 is 0. The molecular formula is C26H36O5. The number of rotatable bonds is 3. The van der Waals surface area contributed by atoms with Gasteiger partial charge >= 0.3 is 0 Å². The molecular weight excluding hydrogens is 392 g/mol. The Hall–Kier alpha value is -1.85. The van der Waals surface area contributed by atoms with Crippen LogP contribution in [0.5, 0.6) is 11.5 Å². The van der Waals surface area contributed by atoms with E-state index in [0.29, 0.717) is 29.2 Å². The summed E-state index contributed by atoms with van der Waals surface area (Å²) in [5.74, 6) is 1.22. The van der Waals surface area contributed by atoms with Crippen LogP contribution in [0.15, 0.2) is 12.1 Å². The van der Waals surface area contributed by atoms with Crippen molar-refractivity contribution in [1.29, 1.82) is 0 Å². The molecule has 5 nitrogen and oxygen atoms in total. The Balaban J connectivity index is 1.87. The molecule has 1 aliphatic heterocycles. The number of carbonyl (C=O) groups excluding carboxylic acids is 1. The number of aromatic hydroxyl groups is 1. The minimum Gasteiger partial charge on any atom is -0.508 e. The molecule has 170 valence electrons. The Morgan fingerprint density at radius 1 is 1.26 bits per heavy atom. The Morgan fingerprint density at radius 3 is 2.61 bits per heavy atom. The second-order valence-corrected chi connectivity index (χ2v) is 10.9. The minimum atomic E-state index is -0.500. The van der Waals surface area contributed by atoms with Crippen molar-refractivity contribution in [2.24, 2.45) is 22.7 Å². The van der Waals surface area contributed by atoms with E-state index in [2.05, 4.69) is 27.7 Å². The molecule has 3 aliphatic rings. The molecule has 5 heteroatoms. The van der Waals surface area contributed by atoms with Crippen molar-refractivity contribution in [3.8, 4) is 11.5 Å². The maximum absolute atomic E-state index is 11.6. The molecule has 0 saturated heterocycles. The zero-order valence-corrected chi connectivity index (χ0v) is 19.4. The van der Waals surface area contributed by atoms with Gasteiger partial charge in [0.2, 0.25) is 0 Å². The van der Waals surface area contributed by atoms with Gasteiger partial charge in [0.1, 0.15) is 17.1 Å². The molecule has 1 heterocycles. The van der Waals surface area contributed by atoms with Gasteiger partial charge in [-0.25, -0.2) is 0 Å². The maximum Gasteiger partial charge on any atom is 0.152 e. The molecule has 0 amide bonds. The fraction of sp³-hybridized carbons (Fsp3) is 0.654. The molecule has 2 fully saturated rings. The highest BCUT2D eigenvalue weighted by atomic mass is 16.5. The Kier molecular flexibility index (Phi) is 5.30. The standard InChI is InChI=1S/C26H36O5/c1-15-6-9-21-24(3,4)22(30)10-11-25(21,5)26(15)13-19-20(29)12-17(14-27)18(23(19)31-26)8-7-16(2)28/h7-8,12,15,21-22,27,29-30H,6,9-11,13-14H2,1-5H3/b8-7+/t15-,21+,22-,25+,26-/m1/s1. The van der Waals surface area contributed by atoms with E-state index in [1.165, 1.54) is 13.0 Å². The number of aliphatic hydroxyl groups is 2. The van der Waals surface area contributed by atoms with Crippen LogP contribution in [-0.4, -0.2) is 32.8 Å². The number of phenols is 1. The van der Waals surface area contributed by atoms with E-state index in [1.54, 1.807) is 12.1 Å². The average Bonchev–Trinajstić information content (AvgIpc) is 3.11. The van der Waals surface area contributed by atoms with Crippen LogP contribution in [-0.2, 0) is 17.8 Å². The topological polar surface area (TPSA) is 87.0 Å². The van der Waals surface area contributed by atoms with Gasteiger partial charge in [-0.15, -0.1) is 0 Å². The lowest BCUT2D eigenvalue weighted by Crippen LogP contribution is -2.66. The highest BCUT2D eigenvalue weighted by Gasteiger charge is 2.67. The number of benzene rings is 1. The number of aliphatic hydroxyl groups excluding tert-OH is 2. The number of phenolic OH excluding ortho intramolecular Hbond substituents is 1. The normalized spacial score (nSPS) is 36.3. The highest BCUT2D eigenvalue weighted by molar-refractivity contribution is 5.92. The summed E-state index contributed by atoms with van der Waals surface area (Å²) in [6, 6.07) is 1.60. The first-order valence-corrected chi connectivity index (χ1v) is 11.5. The van der Waals surface area contributed by atoms with Crippen LogP contribution in [0.3, 0.4) is 0 Å². The molecule has 31 heavy (non-hydrogen) atoms. The van der Waals surface area contributed by atoms with Crippen LogP contribution in [0, 0.1) is 22.7 Å². The molecule has 1 aromatic carbocycles. The van der Waals surface area contributed by atoms with Crippen LogP contribution >= 0.6 is 0 Å². The van der Waals surface area contributed by atoms with Crippen LogP contribution < -0.4 is 4.74 Å². The maximum atomic E-state index is 11.6. The van der Waals surface area contributed by atoms with Crippen molar-refractivity contribution < 1.29 is 24.9 Å². The largest absolute Gasteiger partial charge is 0.508 e. The lowest BCUT2D eigenvalue weighted by molar-refractivity contribution is -0.210. The van der Waals surface area contributed by atoms with Gasteiger partial charge in [-0.05, 0) is 73.6 Å². The minimum absolute atomic E-state index is 0.0838. The smallest absolute Gasteiger partial charge is 0.152 e. The first-order chi connectivity index (χ1) is 14.5. The zero-order valence-electron chi connectivity index (χ0n) is 19.4. The molecule has 2 aliphatic carbocycles. The number of hydrogen-bond acceptors (Lipinski definition) is 5. The van der Waals surface area contributed by atoms with Gasteiger partial charge in [0.15, 0.2) is 5.78 Å². The van der Waals surface area contributed by atoms with Gasteiger partial charge in [-0.3, -0.25) is 4.79 Å². The number of ether oxygens (including phenoxy) is 1. The molecule has 1 spiro atoms. The Bertz CT molecular complexity index is 932. The van der Waals surface area contributed by atoms with Crippen molar-refractivity contribution in [2.75, 3.05) is 0 Å². The number of carbonyl (C=O) groups is 1. The lowest BCUT2D eigenvalue weighted by Gasteiger charge is -2.64. The lowest BCUT2D eigenvalue weighted by atomic mass is 9.43. The van der Waals surface area contributed by atoms with E-state index in [-0.39, 0.29) is 41.0 Å². The van der Waals surface area contributed by atoms with E-state index in [1.807, 2.05) is 0 Å². The Morgan fingerprint density at radius 2 is 1.97 bits per heavy atom. The van der Waals surface area contributed by atoms with Crippen LogP contribution in [0.25, 0.3) is 6.08 Å². The van der Waals surface area contributed by atoms with Crippen LogP contribution in [0.1, 0.15) is 77.0 Å². The third-order valence-electron chi connectivity index (χ3n) is 8.98. The van der Waals surface area contributed by atoms with E-state index >= 15 is 0 Å². The number of ketones is 1. The van der Waals surface area contributed by atoms with Crippen LogP contribution in [0.2, 0.25) is 0 Å². The fourth-order valence-corrected chi connectivity index (χ4v) is 7.08. The monoisotopic (exact) mass is 428 g/mol. The van der Waals surface area contributed by atoms with Crippen molar-refractivity contribution in [2.45, 2.75) is 85.0 Å². The van der Waals surface area contributed by atoms with Crippen molar-refractivity contribution in [3.63, 3.8) is 0 Å². The van der Waals surface area contributed by atoms with Crippen molar-refractivity contribution in [1.82, 2.24) is 0 Å². The summed E-state index contributed by atoms with van der Waals surface area (Å²) in [6.45, 7) is 10.1. The molecule has 3 N–H and O–H groups in total. The Labute approximate surface area is 185 Å². The summed E-state index contributed by atoms with van der Waals surface area (Å²) in [4.78, 5) is 11.6. The predicted octanol–water partition coefficient (Wildman–Crippen LogP) is 4.39. The molecule has 5 atom stereocenters. The second-order valence-electron chi connectivity index (χ2n) is 10.9. The third-order valence-corrected chi connectivity index (χ3v) is 8.98. The van der Waals surface area contributed by atoms with Gasteiger partial charge in [0, 0.05) is 23.0 Å². The zero-order chi connectivity index (χ0) is 22.8. The molecule has 1 aromatic rings. The fourth-order valence-electron chi connectivity index (χ4n) is 7.08. The number of fused-ring (bicyclic) bond motifs is 3. The molecule has 0 aromatic heterocycles. The second kappa shape index (κ2) is 7.35. The summed E-state index contributed by atoms with van der Waals surface area (Å²) in [5.41, 5.74) is 1.11. The van der Waals surface area contributed by atoms with Gasteiger partial charge in [0.05, 0.1) is 12.7 Å². The molecule has 0 radical (unpaired) electrons. The number of allylic oxidation sites excluding steroid dienone is 1.